The van der Waals surface area contributed by atoms with Crippen molar-refractivity contribution in [3.8, 4) is 11.4 Å². The van der Waals surface area contributed by atoms with Crippen molar-refractivity contribution in [3.05, 3.63) is 29.6 Å². The third-order valence-electron chi connectivity index (χ3n) is 2.39. The summed E-state index contributed by atoms with van der Waals surface area (Å²) in [6.07, 6.45) is 0.969. The van der Waals surface area contributed by atoms with Crippen molar-refractivity contribution in [2.75, 3.05) is 11.9 Å². The average Bonchev–Trinajstić information content (AvgIpc) is 2.78. The van der Waals surface area contributed by atoms with E-state index in [1.165, 1.54) is 12.1 Å². The first-order chi connectivity index (χ1) is 8.20. The number of nitrogens with zero attached hydrogens (tertiary/aromatic N) is 2. The number of hydrogen-bond acceptors (Lipinski definition) is 4. The second-order valence-electron chi connectivity index (χ2n) is 3.81. The Balaban J connectivity index is 2.27. The Morgan fingerprint density at radius 1 is 1.41 bits per heavy atom. The zero-order valence-electron chi connectivity index (χ0n) is 9.83. The van der Waals surface area contributed by atoms with Crippen LogP contribution in [0, 0.1) is 12.7 Å². The van der Waals surface area contributed by atoms with Crippen LogP contribution in [0.3, 0.4) is 0 Å². The Morgan fingerprint density at radius 3 is 3.00 bits per heavy atom. The summed E-state index contributed by atoms with van der Waals surface area (Å²) < 4.78 is 18.2. The lowest BCUT2D eigenvalue weighted by atomic mass is 10.1. The Morgan fingerprint density at radius 2 is 2.24 bits per heavy atom. The topological polar surface area (TPSA) is 51.0 Å². The highest BCUT2D eigenvalue weighted by Crippen LogP contribution is 2.22. The fourth-order valence-electron chi connectivity index (χ4n) is 1.47. The Hall–Kier alpha value is -1.91. The lowest BCUT2D eigenvalue weighted by Gasteiger charge is -1.99. The summed E-state index contributed by atoms with van der Waals surface area (Å²) >= 11 is 0. The number of benzene rings is 1. The van der Waals surface area contributed by atoms with Crippen molar-refractivity contribution in [1.29, 1.82) is 0 Å². The van der Waals surface area contributed by atoms with Gasteiger partial charge in [0, 0.05) is 12.1 Å². The molecule has 1 heterocycles. The van der Waals surface area contributed by atoms with Gasteiger partial charge in [-0.15, -0.1) is 0 Å². The van der Waals surface area contributed by atoms with Crippen LogP contribution in [-0.2, 0) is 0 Å². The lowest BCUT2D eigenvalue weighted by molar-refractivity contribution is 0.432. The molecule has 0 unspecified atom stereocenters. The van der Waals surface area contributed by atoms with Crippen LogP contribution in [0.2, 0.25) is 0 Å². The highest BCUT2D eigenvalue weighted by molar-refractivity contribution is 5.60. The van der Waals surface area contributed by atoms with Gasteiger partial charge in [0.1, 0.15) is 5.82 Å². The van der Waals surface area contributed by atoms with E-state index in [1.54, 1.807) is 6.07 Å². The number of aryl methyl sites for hydroxylation is 1. The standard InChI is InChI=1S/C12H14FN3O/c1-3-6-14-12-15-11(16-17-12)10-7-9(13)5-4-8(10)2/h4-5,7H,3,6H2,1-2H3,(H,14,15,16). The quantitative estimate of drug-likeness (QED) is 0.885. The normalized spacial score (nSPS) is 10.5. The first-order valence-corrected chi connectivity index (χ1v) is 5.55. The molecule has 0 radical (unpaired) electrons. The second kappa shape index (κ2) is 4.95. The predicted octanol–water partition coefficient (Wildman–Crippen LogP) is 3.01. The number of nitrogens with one attached hydrogen (secondary N) is 1. The van der Waals surface area contributed by atoms with Crippen LogP contribution in [-0.4, -0.2) is 16.7 Å². The average molecular weight is 235 g/mol. The van der Waals surface area contributed by atoms with Gasteiger partial charge in [0.15, 0.2) is 0 Å². The van der Waals surface area contributed by atoms with E-state index in [2.05, 4.69) is 15.5 Å². The van der Waals surface area contributed by atoms with E-state index in [0.717, 1.165) is 18.5 Å². The molecule has 0 aliphatic carbocycles. The molecular weight excluding hydrogens is 221 g/mol. The minimum atomic E-state index is -0.307. The molecule has 0 saturated carbocycles. The van der Waals surface area contributed by atoms with Crippen LogP contribution >= 0.6 is 0 Å². The third-order valence-corrected chi connectivity index (χ3v) is 2.39. The molecule has 1 aromatic heterocycles. The Bertz CT molecular complexity index is 510. The maximum absolute atomic E-state index is 13.1. The van der Waals surface area contributed by atoms with Gasteiger partial charge in [-0.05, 0) is 31.0 Å². The summed E-state index contributed by atoms with van der Waals surface area (Å²) in [4.78, 5) is 4.16. The van der Waals surface area contributed by atoms with Crippen molar-refractivity contribution in [1.82, 2.24) is 10.1 Å². The molecular formula is C12H14FN3O. The lowest BCUT2D eigenvalue weighted by Crippen LogP contribution is -1.99. The maximum Gasteiger partial charge on any atom is 0.321 e. The molecule has 5 heteroatoms. The molecule has 0 aliphatic heterocycles. The van der Waals surface area contributed by atoms with Crippen LogP contribution in [0.25, 0.3) is 11.4 Å². The van der Waals surface area contributed by atoms with Gasteiger partial charge in [0.05, 0.1) is 0 Å². The molecule has 0 spiro atoms. The van der Waals surface area contributed by atoms with Gasteiger partial charge in [-0.1, -0.05) is 18.1 Å². The van der Waals surface area contributed by atoms with E-state index in [4.69, 9.17) is 4.52 Å². The van der Waals surface area contributed by atoms with Gasteiger partial charge in [0.2, 0.25) is 5.82 Å². The highest BCUT2D eigenvalue weighted by atomic mass is 19.1. The zero-order chi connectivity index (χ0) is 12.3. The number of aromatic nitrogens is 2. The summed E-state index contributed by atoms with van der Waals surface area (Å²) in [6.45, 7) is 4.69. The molecule has 17 heavy (non-hydrogen) atoms. The molecule has 0 fully saturated rings. The number of rotatable bonds is 4. The van der Waals surface area contributed by atoms with Crippen LogP contribution in [0.15, 0.2) is 22.7 Å². The molecule has 0 aliphatic rings. The summed E-state index contributed by atoms with van der Waals surface area (Å²) in [5.74, 6) is 0.0964. The third kappa shape index (κ3) is 2.61. The summed E-state index contributed by atoms with van der Waals surface area (Å²) in [6, 6.07) is 4.88. The molecule has 0 bridgehead atoms. The van der Waals surface area contributed by atoms with E-state index < -0.39 is 0 Å². The molecule has 0 saturated heterocycles. The van der Waals surface area contributed by atoms with Gasteiger partial charge < -0.3 is 9.84 Å². The largest absolute Gasteiger partial charge is 0.338 e. The van der Waals surface area contributed by atoms with Crippen LogP contribution in [0.5, 0.6) is 0 Å². The molecule has 2 aromatic rings. The van der Waals surface area contributed by atoms with Crippen LogP contribution in [0.4, 0.5) is 10.4 Å². The number of hydrogen-bond donors (Lipinski definition) is 1. The fourth-order valence-corrected chi connectivity index (χ4v) is 1.47. The van der Waals surface area contributed by atoms with Gasteiger partial charge in [-0.25, -0.2) is 4.39 Å². The first-order valence-electron chi connectivity index (χ1n) is 5.55. The van der Waals surface area contributed by atoms with E-state index >= 15 is 0 Å². The van der Waals surface area contributed by atoms with Gasteiger partial charge in [0.25, 0.3) is 0 Å². The minimum Gasteiger partial charge on any atom is -0.338 e. The molecule has 0 amide bonds. The SMILES string of the molecule is CCCNc1nc(-c2cc(F)ccc2C)no1. The summed E-state index contributed by atoms with van der Waals surface area (Å²) in [5, 5.41) is 6.81. The monoisotopic (exact) mass is 235 g/mol. The molecule has 0 atom stereocenters. The molecule has 1 aromatic carbocycles. The Kier molecular flexibility index (Phi) is 3.37. The van der Waals surface area contributed by atoms with Gasteiger partial charge in [-0.3, -0.25) is 0 Å². The summed E-state index contributed by atoms with van der Waals surface area (Å²) in [7, 11) is 0. The molecule has 2 rings (SSSR count). The maximum atomic E-state index is 13.1. The first kappa shape index (κ1) is 11.6. The molecule has 4 nitrogen and oxygen atoms in total. The van der Waals surface area contributed by atoms with E-state index in [-0.39, 0.29) is 5.82 Å². The Labute approximate surface area is 98.8 Å². The van der Waals surface area contributed by atoms with Crippen molar-refractivity contribution in [2.45, 2.75) is 20.3 Å². The summed E-state index contributed by atoms with van der Waals surface area (Å²) in [5.41, 5.74) is 1.56. The van der Waals surface area contributed by atoms with Crippen LogP contribution < -0.4 is 5.32 Å². The molecule has 1 N–H and O–H groups in total. The van der Waals surface area contributed by atoms with Crippen molar-refractivity contribution >= 4 is 6.01 Å². The number of anilines is 1. The van der Waals surface area contributed by atoms with E-state index in [0.29, 0.717) is 17.4 Å². The zero-order valence-corrected chi connectivity index (χ0v) is 9.83. The van der Waals surface area contributed by atoms with Crippen molar-refractivity contribution in [3.63, 3.8) is 0 Å². The minimum absolute atomic E-state index is 0.307. The fraction of sp³-hybridized carbons (Fsp3) is 0.333. The smallest absolute Gasteiger partial charge is 0.321 e. The van der Waals surface area contributed by atoms with E-state index in [1.807, 2.05) is 13.8 Å². The van der Waals surface area contributed by atoms with Crippen molar-refractivity contribution < 1.29 is 8.91 Å². The predicted molar refractivity (Wildman–Crippen MR) is 63.2 cm³/mol. The van der Waals surface area contributed by atoms with E-state index in [9.17, 15) is 4.39 Å². The van der Waals surface area contributed by atoms with Gasteiger partial charge >= 0.3 is 6.01 Å². The second-order valence-corrected chi connectivity index (χ2v) is 3.81. The van der Waals surface area contributed by atoms with Gasteiger partial charge in [-0.2, -0.15) is 4.98 Å². The van der Waals surface area contributed by atoms with Crippen LogP contribution in [0.1, 0.15) is 18.9 Å². The molecule has 90 valence electrons. The highest BCUT2D eigenvalue weighted by Gasteiger charge is 2.11. The van der Waals surface area contributed by atoms with Crippen molar-refractivity contribution in [2.24, 2.45) is 0 Å². The number of halogens is 1.